The largest absolute Gasteiger partial charge is 0.303 e. The Morgan fingerprint density at radius 3 is 2.53 bits per heavy atom. The lowest BCUT2D eigenvalue weighted by Crippen LogP contribution is -2.45. The highest BCUT2D eigenvalue weighted by atomic mass is 19.1. The first-order chi connectivity index (χ1) is 7.25. The molecule has 2 saturated heterocycles. The molecule has 2 atom stereocenters. The summed E-state index contributed by atoms with van der Waals surface area (Å²) in [6, 6.07) is 0. The van der Waals surface area contributed by atoms with Crippen LogP contribution in [-0.2, 0) is 0 Å². The van der Waals surface area contributed by atoms with Gasteiger partial charge in [0.2, 0.25) is 0 Å². The molecule has 3 heteroatoms. The number of hydrogen-bond donors (Lipinski definition) is 0. The number of piperidine rings is 2. The molecule has 2 aliphatic heterocycles. The van der Waals surface area contributed by atoms with Gasteiger partial charge in [-0.05, 0) is 45.9 Å². The fraction of sp³-hybridized carbons (Fsp3) is 1.00. The molecule has 0 N–H and O–H groups in total. The highest BCUT2D eigenvalue weighted by Gasteiger charge is 2.29. The van der Waals surface area contributed by atoms with E-state index in [1.54, 1.807) is 0 Å². The van der Waals surface area contributed by atoms with Crippen molar-refractivity contribution in [3.8, 4) is 0 Å². The first kappa shape index (κ1) is 11.3. The van der Waals surface area contributed by atoms with Crippen molar-refractivity contribution >= 4 is 0 Å². The summed E-state index contributed by atoms with van der Waals surface area (Å²) < 4.78 is 13.8. The first-order valence-electron chi connectivity index (χ1n) is 6.30. The third-order valence-electron chi connectivity index (χ3n) is 3.82. The van der Waals surface area contributed by atoms with Gasteiger partial charge in [0, 0.05) is 19.0 Å². The van der Waals surface area contributed by atoms with Gasteiger partial charge in [0.05, 0.1) is 0 Å². The lowest BCUT2D eigenvalue weighted by molar-refractivity contribution is 0.0682. The number of likely N-dealkylation sites (tertiary alicyclic amines) is 2. The molecule has 15 heavy (non-hydrogen) atoms. The average Bonchev–Trinajstić information content (AvgIpc) is 2.24. The van der Waals surface area contributed by atoms with E-state index in [0.29, 0.717) is 12.5 Å². The van der Waals surface area contributed by atoms with E-state index >= 15 is 0 Å². The van der Waals surface area contributed by atoms with Gasteiger partial charge in [-0.15, -0.1) is 0 Å². The Morgan fingerprint density at radius 1 is 1.13 bits per heavy atom. The predicted octanol–water partition coefficient (Wildman–Crippen LogP) is 1.76. The molecule has 0 aromatic rings. The maximum absolute atomic E-state index is 13.8. The number of nitrogens with zero attached hydrogens (tertiary/aromatic N) is 2. The second kappa shape index (κ2) is 5.26. The zero-order valence-electron chi connectivity index (χ0n) is 9.79. The smallest absolute Gasteiger partial charge is 0.117 e. The molecule has 2 fully saturated rings. The van der Waals surface area contributed by atoms with Crippen LogP contribution < -0.4 is 0 Å². The molecule has 0 spiro atoms. The van der Waals surface area contributed by atoms with E-state index in [9.17, 15) is 4.39 Å². The van der Waals surface area contributed by atoms with Gasteiger partial charge in [-0.2, -0.15) is 0 Å². The van der Waals surface area contributed by atoms with Crippen molar-refractivity contribution in [3.63, 3.8) is 0 Å². The van der Waals surface area contributed by atoms with Gasteiger partial charge in [-0.1, -0.05) is 6.42 Å². The third-order valence-corrected chi connectivity index (χ3v) is 3.82. The Labute approximate surface area is 92.4 Å². The second-order valence-electron chi connectivity index (χ2n) is 5.19. The Morgan fingerprint density at radius 2 is 1.87 bits per heavy atom. The standard InChI is InChI=1S/C12H23FN2/c1-14-8-5-11(12(13)10-14)9-15-6-3-2-4-7-15/h11-12H,2-10H2,1H3. The summed E-state index contributed by atoms with van der Waals surface area (Å²) in [5.74, 6) is 0.291. The molecule has 0 bridgehead atoms. The van der Waals surface area contributed by atoms with Gasteiger partial charge < -0.3 is 9.80 Å². The normalized spacial score (nSPS) is 35.6. The summed E-state index contributed by atoms with van der Waals surface area (Å²) in [5.41, 5.74) is 0. The minimum Gasteiger partial charge on any atom is -0.303 e. The molecule has 2 heterocycles. The number of halogens is 1. The molecule has 2 unspecified atom stereocenters. The highest BCUT2D eigenvalue weighted by Crippen LogP contribution is 2.22. The molecule has 0 saturated carbocycles. The molecular weight excluding hydrogens is 191 g/mol. The van der Waals surface area contributed by atoms with Crippen LogP contribution in [0.2, 0.25) is 0 Å². The van der Waals surface area contributed by atoms with Crippen LogP contribution in [0.3, 0.4) is 0 Å². The summed E-state index contributed by atoms with van der Waals surface area (Å²) in [6.07, 6.45) is 4.41. The van der Waals surface area contributed by atoms with Crippen molar-refractivity contribution in [3.05, 3.63) is 0 Å². The Balaban J connectivity index is 1.77. The van der Waals surface area contributed by atoms with Crippen LogP contribution in [-0.4, -0.2) is 55.7 Å². The average molecular weight is 214 g/mol. The van der Waals surface area contributed by atoms with Gasteiger partial charge in [0.15, 0.2) is 0 Å². The topological polar surface area (TPSA) is 6.48 Å². The zero-order valence-corrected chi connectivity index (χ0v) is 9.79. The first-order valence-corrected chi connectivity index (χ1v) is 6.30. The molecule has 0 aliphatic carbocycles. The van der Waals surface area contributed by atoms with Crippen LogP contribution in [0.1, 0.15) is 25.7 Å². The van der Waals surface area contributed by atoms with Crippen molar-refractivity contribution < 1.29 is 4.39 Å². The lowest BCUT2D eigenvalue weighted by atomic mass is 9.94. The Bertz CT molecular complexity index is 192. The summed E-state index contributed by atoms with van der Waals surface area (Å²) >= 11 is 0. The predicted molar refractivity (Wildman–Crippen MR) is 60.8 cm³/mol. The summed E-state index contributed by atoms with van der Waals surface area (Å²) in [6.45, 7) is 5.09. The summed E-state index contributed by atoms with van der Waals surface area (Å²) in [4.78, 5) is 4.57. The SMILES string of the molecule is CN1CCC(CN2CCCCC2)C(F)C1. The van der Waals surface area contributed by atoms with Crippen molar-refractivity contribution in [2.45, 2.75) is 31.9 Å². The lowest BCUT2D eigenvalue weighted by Gasteiger charge is -2.36. The quantitative estimate of drug-likeness (QED) is 0.691. The van der Waals surface area contributed by atoms with Crippen LogP contribution in [0.4, 0.5) is 4.39 Å². The Kier molecular flexibility index (Phi) is 3.98. The molecule has 0 aromatic heterocycles. The van der Waals surface area contributed by atoms with Crippen molar-refractivity contribution in [1.82, 2.24) is 9.80 Å². The minimum atomic E-state index is -0.606. The highest BCUT2D eigenvalue weighted by molar-refractivity contribution is 4.81. The van der Waals surface area contributed by atoms with E-state index in [0.717, 1.165) is 19.5 Å². The molecule has 0 radical (unpaired) electrons. The van der Waals surface area contributed by atoms with E-state index < -0.39 is 6.17 Å². The van der Waals surface area contributed by atoms with Gasteiger partial charge >= 0.3 is 0 Å². The van der Waals surface area contributed by atoms with Crippen molar-refractivity contribution in [2.24, 2.45) is 5.92 Å². The van der Waals surface area contributed by atoms with Gasteiger partial charge in [0.1, 0.15) is 6.17 Å². The van der Waals surface area contributed by atoms with Crippen molar-refractivity contribution in [2.75, 3.05) is 39.8 Å². The van der Waals surface area contributed by atoms with Crippen molar-refractivity contribution in [1.29, 1.82) is 0 Å². The number of alkyl halides is 1. The molecular formula is C12H23FN2. The summed E-state index contributed by atoms with van der Waals surface area (Å²) in [7, 11) is 2.02. The van der Waals surface area contributed by atoms with Crippen LogP contribution in [0.25, 0.3) is 0 Å². The maximum Gasteiger partial charge on any atom is 0.117 e. The molecule has 0 amide bonds. The Hall–Kier alpha value is -0.150. The molecule has 2 rings (SSSR count). The fourth-order valence-corrected chi connectivity index (χ4v) is 2.78. The van der Waals surface area contributed by atoms with Gasteiger partial charge in [0.25, 0.3) is 0 Å². The molecule has 2 aliphatic rings. The number of hydrogen-bond acceptors (Lipinski definition) is 2. The van der Waals surface area contributed by atoms with E-state index in [-0.39, 0.29) is 0 Å². The van der Waals surface area contributed by atoms with Gasteiger partial charge in [-0.25, -0.2) is 4.39 Å². The van der Waals surface area contributed by atoms with Crippen LogP contribution in [0, 0.1) is 5.92 Å². The maximum atomic E-state index is 13.8. The van der Waals surface area contributed by atoms with Crippen LogP contribution in [0.15, 0.2) is 0 Å². The fourth-order valence-electron chi connectivity index (χ4n) is 2.78. The molecule has 2 nitrogen and oxygen atoms in total. The summed E-state index contributed by atoms with van der Waals surface area (Å²) in [5, 5.41) is 0. The van der Waals surface area contributed by atoms with Crippen LogP contribution >= 0.6 is 0 Å². The molecule has 0 aromatic carbocycles. The zero-order chi connectivity index (χ0) is 10.7. The number of rotatable bonds is 2. The van der Waals surface area contributed by atoms with E-state index in [1.165, 1.54) is 32.4 Å². The van der Waals surface area contributed by atoms with Crippen LogP contribution in [0.5, 0.6) is 0 Å². The minimum absolute atomic E-state index is 0.291. The second-order valence-corrected chi connectivity index (χ2v) is 5.19. The third kappa shape index (κ3) is 3.15. The van der Waals surface area contributed by atoms with E-state index in [2.05, 4.69) is 9.80 Å². The van der Waals surface area contributed by atoms with Gasteiger partial charge in [-0.3, -0.25) is 0 Å². The van der Waals surface area contributed by atoms with E-state index in [4.69, 9.17) is 0 Å². The van der Waals surface area contributed by atoms with E-state index in [1.807, 2.05) is 7.05 Å². The monoisotopic (exact) mass is 214 g/mol. The molecule has 88 valence electrons.